The first-order valence-corrected chi connectivity index (χ1v) is 12.3. The number of rotatable bonds is 7. The molecule has 1 aliphatic rings. The van der Waals surface area contributed by atoms with Crippen LogP contribution in [-0.4, -0.2) is 38.8 Å². The van der Waals surface area contributed by atoms with Gasteiger partial charge in [0.25, 0.3) is 5.91 Å². The van der Waals surface area contributed by atoms with E-state index in [1.54, 1.807) is 41.7 Å². The number of halogens is 1. The van der Waals surface area contributed by atoms with Gasteiger partial charge in [0.2, 0.25) is 11.8 Å². The normalized spacial score (nSPS) is 13.3. The SMILES string of the molecule is Cc1cc(C)c2sc(N(CCCn3ccnc3)C(=O)c3ccc(N4C(=O)CCC4=O)cc3)nc2c1.Cl. The third kappa shape index (κ3) is 5.03. The molecule has 1 fully saturated rings. The van der Waals surface area contributed by atoms with Crippen LogP contribution in [-0.2, 0) is 16.1 Å². The molecule has 36 heavy (non-hydrogen) atoms. The van der Waals surface area contributed by atoms with Gasteiger partial charge in [-0.05, 0) is 61.7 Å². The van der Waals surface area contributed by atoms with Gasteiger partial charge in [-0.15, -0.1) is 12.4 Å². The van der Waals surface area contributed by atoms with Crippen molar-refractivity contribution in [3.05, 3.63) is 71.8 Å². The number of fused-ring (bicyclic) bond motifs is 1. The van der Waals surface area contributed by atoms with Crippen molar-refractivity contribution in [3.8, 4) is 0 Å². The molecule has 0 radical (unpaired) electrons. The molecule has 0 spiro atoms. The minimum absolute atomic E-state index is 0. The monoisotopic (exact) mass is 523 g/mol. The summed E-state index contributed by atoms with van der Waals surface area (Å²) in [6, 6.07) is 10.8. The number of amides is 3. The van der Waals surface area contributed by atoms with Crippen LogP contribution in [0.5, 0.6) is 0 Å². The lowest BCUT2D eigenvalue weighted by molar-refractivity contribution is -0.121. The molecule has 186 valence electrons. The molecule has 4 aromatic rings. The first-order valence-electron chi connectivity index (χ1n) is 11.5. The topological polar surface area (TPSA) is 88.4 Å². The van der Waals surface area contributed by atoms with Crippen LogP contribution in [0.2, 0.25) is 0 Å². The summed E-state index contributed by atoms with van der Waals surface area (Å²) in [5.74, 6) is -0.597. The number of anilines is 2. The Balaban J connectivity index is 0.00000304. The van der Waals surface area contributed by atoms with Gasteiger partial charge >= 0.3 is 0 Å². The highest BCUT2D eigenvalue weighted by Crippen LogP contribution is 2.33. The Labute approximate surface area is 219 Å². The molecule has 8 nitrogen and oxygen atoms in total. The second kappa shape index (κ2) is 10.6. The predicted molar refractivity (Wildman–Crippen MR) is 143 cm³/mol. The third-order valence-corrected chi connectivity index (χ3v) is 7.30. The summed E-state index contributed by atoms with van der Waals surface area (Å²) in [4.78, 5) is 49.6. The van der Waals surface area contributed by atoms with Crippen molar-refractivity contribution >= 4 is 62.5 Å². The maximum Gasteiger partial charge on any atom is 0.260 e. The summed E-state index contributed by atoms with van der Waals surface area (Å²) < 4.78 is 3.05. The standard InChI is InChI=1S/C26H25N5O3S.ClH/c1-17-14-18(2)24-21(15-17)28-26(35-24)30(12-3-11-29-13-10-27-16-29)25(34)19-4-6-20(7-5-19)31-22(32)8-9-23(31)33;/h4-7,10,13-16H,3,8-9,11-12H2,1-2H3;1H. The van der Waals surface area contributed by atoms with Crippen molar-refractivity contribution in [2.45, 2.75) is 39.7 Å². The number of hydrogen-bond acceptors (Lipinski definition) is 6. The number of nitrogens with zero attached hydrogens (tertiary/aromatic N) is 5. The third-order valence-electron chi connectivity index (χ3n) is 6.07. The molecule has 1 aliphatic heterocycles. The summed E-state index contributed by atoms with van der Waals surface area (Å²) >= 11 is 1.51. The first-order chi connectivity index (χ1) is 16.9. The quantitative estimate of drug-likeness (QED) is 0.321. The van der Waals surface area contributed by atoms with Crippen molar-refractivity contribution in [1.29, 1.82) is 0 Å². The zero-order chi connectivity index (χ0) is 24.5. The number of hydrogen-bond donors (Lipinski definition) is 0. The lowest BCUT2D eigenvalue weighted by Gasteiger charge is -2.21. The smallest absolute Gasteiger partial charge is 0.260 e. The summed E-state index contributed by atoms with van der Waals surface area (Å²) in [6.45, 7) is 5.31. The van der Waals surface area contributed by atoms with Gasteiger partial charge in [-0.3, -0.25) is 24.2 Å². The van der Waals surface area contributed by atoms with E-state index in [9.17, 15) is 14.4 Å². The van der Waals surface area contributed by atoms with Gasteiger partial charge in [-0.1, -0.05) is 17.4 Å². The molecule has 0 saturated carbocycles. The number of aryl methyl sites for hydroxylation is 3. The summed E-state index contributed by atoms with van der Waals surface area (Å²) in [7, 11) is 0. The fourth-order valence-corrected chi connectivity index (χ4v) is 5.41. The van der Waals surface area contributed by atoms with Gasteiger partial charge in [-0.2, -0.15) is 0 Å². The van der Waals surface area contributed by atoms with E-state index >= 15 is 0 Å². The fourth-order valence-electron chi connectivity index (χ4n) is 4.37. The Morgan fingerprint density at radius 3 is 2.47 bits per heavy atom. The second-order valence-corrected chi connectivity index (χ2v) is 9.68. The number of imidazole rings is 1. The van der Waals surface area contributed by atoms with Gasteiger partial charge < -0.3 is 4.57 Å². The lowest BCUT2D eigenvalue weighted by Crippen LogP contribution is -2.32. The summed E-state index contributed by atoms with van der Waals surface area (Å²) in [6.07, 6.45) is 6.57. The van der Waals surface area contributed by atoms with E-state index in [1.807, 2.05) is 23.8 Å². The first kappa shape index (κ1) is 25.5. The lowest BCUT2D eigenvalue weighted by atomic mass is 10.1. The largest absolute Gasteiger partial charge is 0.337 e. The van der Waals surface area contributed by atoms with E-state index in [0.717, 1.165) is 34.3 Å². The van der Waals surface area contributed by atoms with Crippen LogP contribution in [0.25, 0.3) is 10.2 Å². The van der Waals surface area contributed by atoms with Crippen LogP contribution in [0.1, 0.15) is 40.7 Å². The van der Waals surface area contributed by atoms with E-state index in [1.165, 1.54) is 16.2 Å². The number of carbonyl (C=O) groups excluding carboxylic acids is 3. The fraction of sp³-hybridized carbons (Fsp3) is 0.269. The molecular formula is C26H26ClN5O3S. The van der Waals surface area contributed by atoms with E-state index in [-0.39, 0.29) is 43.0 Å². The Morgan fingerprint density at radius 2 is 1.81 bits per heavy atom. The maximum absolute atomic E-state index is 13.7. The van der Waals surface area contributed by atoms with Crippen molar-refractivity contribution in [2.75, 3.05) is 16.3 Å². The minimum Gasteiger partial charge on any atom is -0.337 e. The van der Waals surface area contributed by atoms with Crippen molar-refractivity contribution in [3.63, 3.8) is 0 Å². The highest BCUT2D eigenvalue weighted by atomic mass is 35.5. The van der Waals surface area contributed by atoms with Crippen LogP contribution in [0, 0.1) is 13.8 Å². The van der Waals surface area contributed by atoms with Gasteiger partial charge in [-0.25, -0.2) is 9.97 Å². The molecule has 2 aromatic heterocycles. The van der Waals surface area contributed by atoms with Gasteiger partial charge in [0.15, 0.2) is 5.13 Å². The zero-order valence-corrected chi connectivity index (χ0v) is 21.6. The number of carbonyl (C=O) groups is 3. The minimum atomic E-state index is -0.213. The van der Waals surface area contributed by atoms with E-state index in [2.05, 4.69) is 18.0 Å². The molecule has 3 amide bonds. The Hall–Kier alpha value is -3.56. The van der Waals surface area contributed by atoms with Crippen LogP contribution < -0.4 is 9.80 Å². The average Bonchev–Trinajstić information content (AvgIpc) is 3.57. The van der Waals surface area contributed by atoms with Gasteiger partial charge in [0.1, 0.15) is 0 Å². The molecule has 10 heteroatoms. The van der Waals surface area contributed by atoms with Crippen molar-refractivity contribution in [1.82, 2.24) is 14.5 Å². The Bertz CT molecular complexity index is 1400. The van der Waals surface area contributed by atoms with Crippen LogP contribution >= 0.6 is 23.7 Å². The predicted octanol–water partition coefficient (Wildman–Crippen LogP) is 4.92. The molecule has 0 bridgehead atoms. The van der Waals surface area contributed by atoms with Crippen LogP contribution in [0.3, 0.4) is 0 Å². The highest BCUT2D eigenvalue weighted by molar-refractivity contribution is 7.22. The van der Waals surface area contributed by atoms with E-state index < -0.39 is 0 Å². The highest BCUT2D eigenvalue weighted by Gasteiger charge is 2.30. The molecule has 2 aromatic carbocycles. The van der Waals surface area contributed by atoms with Crippen molar-refractivity contribution < 1.29 is 14.4 Å². The summed E-state index contributed by atoms with van der Waals surface area (Å²) in [5, 5.41) is 0.651. The molecule has 5 rings (SSSR count). The summed E-state index contributed by atoms with van der Waals surface area (Å²) in [5.41, 5.74) is 4.12. The maximum atomic E-state index is 13.7. The number of imide groups is 1. The molecule has 0 unspecified atom stereocenters. The Morgan fingerprint density at radius 1 is 1.08 bits per heavy atom. The Kier molecular flexibility index (Phi) is 7.51. The van der Waals surface area contributed by atoms with E-state index in [0.29, 0.717) is 22.9 Å². The number of benzene rings is 2. The van der Waals surface area contributed by atoms with E-state index in [4.69, 9.17) is 4.98 Å². The molecule has 0 atom stereocenters. The van der Waals surface area contributed by atoms with Gasteiger partial charge in [0, 0.05) is 43.9 Å². The number of thiazole rings is 1. The van der Waals surface area contributed by atoms with Crippen LogP contribution in [0.4, 0.5) is 10.8 Å². The van der Waals surface area contributed by atoms with Crippen LogP contribution in [0.15, 0.2) is 55.1 Å². The average molecular weight is 524 g/mol. The molecular weight excluding hydrogens is 498 g/mol. The molecule has 0 N–H and O–H groups in total. The zero-order valence-electron chi connectivity index (χ0n) is 20.0. The second-order valence-electron chi connectivity index (χ2n) is 8.71. The molecule has 0 aliphatic carbocycles. The van der Waals surface area contributed by atoms with Gasteiger partial charge in [0.05, 0.1) is 22.2 Å². The number of aromatic nitrogens is 3. The molecule has 3 heterocycles. The van der Waals surface area contributed by atoms with Crippen molar-refractivity contribution in [2.24, 2.45) is 0 Å². The molecule has 1 saturated heterocycles.